The van der Waals surface area contributed by atoms with E-state index in [1.54, 1.807) is 19.9 Å². The molecule has 0 amide bonds. The van der Waals surface area contributed by atoms with Crippen LogP contribution in [0.3, 0.4) is 0 Å². The number of ketones is 1. The molecule has 2 rings (SSSR count). The van der Waals surface area contributed by atoms with Crippen molar-refractivity contribution < 1.29 is 9.72 Å². The van der Waals surface area contributed by atoms with Crippen molar-refractivity contribution in [3.63, 3.8) is 0 Å². The van der Waals surface area contributed by atoms with Gasteiger partial charge in [0.2, 0.25) is 0 Å². The van der Waals surface area contributed by atoms with Gasteiger partial charge in [-0.15, -0.1) is 11.8 Å². The summed E-state index contributed by atoms with van der Waals surface area (Å²) in [5, 5.41) is 19.9. The van der Waals surface area contributed by atoms with Crippen molar-refractivity contribution >= 4 is 28.9 Å². The van der Waals surface area contributed by atoms with E-state index in [4.69, 9.17) is 5.26 Å². The minimum atomic E-state index is -1.17. The molecule has 0 aliphatic carbocycles. The maximum Gasteiger partial charge on any atom is 0.280 e. The molecule has 1 aromatic rings. The third-order valence-corrected chi connectivity index (χ3v) is 4.35. The minimum Gasteiger partial charge on any atom is -0.292 e. The average molecular weight is 289 g/mol. The number of nitrogens with zero attached hydrogens (tertiary/aromatic N) is 3. The summed E-state index contributed by atoms with van der Waals surface area (Å²) in [5.74, 6) is -0.459. The van der Waals surface area contributed by atoms with E-state index >= 15 is 0 Å². The highest BCUT2D eigenvalue weighted by atomic mass is 32.2. The van der Waals surface area contributed by atoms with Crippen LogP contribution < -0.4 is 0 Å². The molecule has 7 heteroatoms. The fraction of sp³-hybridized carbons (Fsp3) is 0.308. The number of rotatable bonds is 3. The Hall–Kier alpha value is -2.20. The van der Waals surface area contributed by atoms with Crippen LogP contribution in [0.2, 0.25) is 0 Å². The van der Waals surface area contributed by atoms with Crippen LogP contribution in [0.15, 0.2) is 29.3 Å². The summed E-state index contributed by atoms with van der Waals surface area (Å²) in [6, 6.07) is 7.68. The molecule has 1 aliphatic rings. The lowest BCUT2D eigenvalue weighted by Gasteiger charge is -2.20. The standard InChI is InChI=1S/C13H11N3O3S/c1-8-15-11(7-14)13(2,20-8)12(17)9-5-3-4-6-10(9)16(18)19/h3-6,8H,1-2H3. The van der Waals surface area contributed by atoms with Crippen LogP contribution >= 0.6 is 11.8 Å². The monoisotopic (exact) mass is 289 g/mol. The predicted molar refractivity (Wildman–Crippen MR) is 75.9 cm³/mol. The number of Topliss-reactive ketones (excluding diaryl/α,β-unsaturated/α-hetero) is 1. The van der Waals surface area contributed by atoms with Gasteiger partial charge in [0.15, 0.2) is 5.78 Å². The molecule has 0 N–H and O–H groups in total. The highest BCUT2D eigenvalue weighted by molar-refractivity contribution is 8.03. The molecular formula is C13H11N3O3S. The summed E-state index contributed by atoms with van der Waals surface area (Å²) in [6.07, 6.45) is 0. The molecule has 0 aromatic heterocycles. The molecule has 0 saturated carbocycles. The number of hydrogen-bond acceptors (Lipinski definition) is 6. The predicted octanol–water partition coefficient (Wildman–Crippen LogP) is 2.59. The smallest absolute Gasteiger partial charge is 0.280 e. The molecule has 2 unspecified atom stereocenters. The fourth-order valence-electron chi connectivity index (χ4n) is 2.11. The van der Waals surface area contributed by atoms with Crippen molar-refractivity contribution in [2.45, 2.75) is 24.0 Å². The molecule has 0 bridgehead atoms. The van der Waals surface area contributed by atoms with Crippen LogP contribution in [0.5, 0.6) is 0 Å². The Labute approximate surface area is 119 Å². The molecular weight excluding hydrogens is 278 g/mol. The first-order valence-electron chi connectivity index (χ1n) is 5.84. The molecule has 0 radical (unpaired) electrons. The summed E-state index contributed by atoms with van der Waals surface area (Å²) in [4.78, 5) is 27.2. The third-order valence-electron chi connectivity index (χ3n) is 3.05. The number of nitro benzene ring substituents is 1. The van der Waals surface area contributed by atoms with Gasteiger partial charge in [0.05, 0.1) is 15.9 Å². The maximum atomic E-state index is 12.7. The van der Waals surface area contributed by atoms with Crippen molar-refractivity contribution in [1.82, 2.24) is 0 Å². The largest absolute Gasteiger partial charge is 0.292 e. The summed E-state index contributed by atoms with van der Waals surface area (Å²) < 4.78 is -1.17. The second-order valence-corrected chi connectivity index (χ2v) is 6.18. The van der Waals surface area contributed by atoms with Gasteiger partial charge in [-0.3, -0.25) is 19.9 Å². The second kappa shape index (κ2) is 5.06. The quantitative estimate of drug-likeness (QED) is 0.484. The number of para-hydroxylation sites is 1. The van der Waals surface area contributed by atoms with Gasteiger partial charge in [0.25, 0.3) is 5.69 Å². The highest BCUT2D eigenvalue weighted by Gasteiger charge is 2.47. The Morgan fingerprint density at radius 3 is 2.80 bits per heavy atom. The van der Waals surface area contributed by atoms with E-state index in [2.05, 4.69) is 4.99 Å². The molecule has 1 aliphatic heterocycles. The first-order valence-corrected chi connectivity index (χ1v) is 6.72. The number of carbonyl (C=O) groups excluding carboxylic acids is 1. The van der Waals surface area contributed by atoms with Gasteiger partial charge in [0, 0.05) is 6.07 Å². The van der Waals surface area contributed by atoms with Gasteiger partial charge in [0.1, 0.15) is 16.5 Å². The first-order chi connectivity index (χ1) is 9.40. The molecule has 1 aromatic carbocycles. The van der Waals surface area contributed by atoms with Crippen molar-refractivity contribution in [2.24, 2.45) is 4.99 Å². The Bertz CT molecular complexity index is 665. The minimum absolute atomic E-state index is 0.00421. The Kier molecular flexibility index (Phi) is 3.59. The van der Waals surface area contributed by atoms with E-state index in [1.165, 1.54) is 30.0 Å². The number of carbonyl (C=O) groups is 1. The zero-order valence-electron chi connectivity index (χ0n) is 10.9. The molecule has 102 valence electrons. The summed E-state index contributed by atoms with van der Waals surface area (Å²) in [7, 11) is 0. The van der Waals surface area contributed by atoms with Crippen LogP contribution in [0, 0.1) is 21.4 Å². The third kappa shape index (κ3) is 2.18. The fourth-order valence-corrected chi connectivity index (χ4v) is 3.37. The molecule has 0 spiro atoms. The van der Waals surface area contributed by atoms with Crippen molar-refractivity contribution in [3.8, 4) is 6.07 Å². The van der Waals surface area contributed by atoms with Gasteiger partial charge < -0.3 is 0 Å². The van der Waals surface area contributed by atoms with Crippen LogP contribution in [0.1, 0.15) is 24.2 Å². The van der Waals surface area contributed by atoms with E-state index in [1.807, 2.05) is 6.07 Å². The zero-order chi connectivity index (χ0) is 14.9. The van der Waals surface area contributed by atoms with Crippen molar-refractivity contribution in [2.75, 3.05) is 0 Å². The molecule has 6 nitrogen and oxygen atoms in total. The Morgan fingerprint density at radius 1 is 1.55 bits per heavy atom. The van der Waals surface area contributed by atoms with Gasteiger partial charge in [-0.05, 0) is 19.9 Å². The highest BCUT2D eigenvalue weighted by Crippen LogP contribution is 2.41. The molecule has 2 atom stereocenters. The van der Waals surface area contributed by atoms with Crippen LogP contribution in [0.25, 0.3) is 0 Å². The first kappa shape index (κ1) is 14.2. The number of nitriles is 1. The topological polar surface area (TPSA) is 96.4 Å². The van der Waals surface area contributed by atoms with Crippen LogP contribution in [-0.2, 0) is 0 Å². The Balaban J connectivity index is 2.51. The number of aliphatic imine (C=N–C) groups is 1. The number of nitro groups is 1. The zero-order valence-corrected chi connectivity index (χ0v) is 11.7. The van der Waals surface area contributed by atoms with Crippen molar-refractivity contribution in [3.05, 3.63) is 39.9 Å². The van der Waals surface area contributed by atoms with E-state index < -0.39 is 15.5 Å². The normalized spacial score (nSPS) is 24.9. The van der Waals surface area contributed by atoms with Crippen LogP contribution in [-0.4, -0.2) is 26.5 Å². The molecule has 0 saturated heterocycles. The summed E-state index contributed by atoms with van der Waals surface area (Å²) >= 11 is 1.23. The van der Waals surface area contributed by atoms with E-state index in [0.717, 1.165) is 0 Å². The van der Waals surface area contributed by atoms with E-state index in [-0.39, 0.29) is 22.3 Å². The molecule has 20 heavy (non-hydrogen) atoms. The lowest BCUT2D eigenvalue weighted by molar-refractivity contribution is -0.385. The molecule has 0 fully saturated rings. The van der Waals surface area contributed by atoms with Gasteiger partial charge in [-0.25, -0.2) is 0 Å². The molecule has 1 heterocycles. The summed E-state index contributed by atoms with van der Waals surface area (Å²) in [5.41, 5.74) is -0.140. The lowest BCUT2D eigenvalue weighted by atomic mass is 9.93. The number of hydrogen-bond donors (Lipinski definition) is 0. The lowest BCUT2D eigenvalue weighted by Crippen LogP contribution is -2.38. The van der Waals surface area contributed by atoms with Gasteiger partial charge >= 0.3 is 0 Å². The van der Waals surface area contributed by atoms with E-state index in [0.29, 0.717) is 0 Å². The Morgan fingerprint density at radius 2 is 2.20 bits per heavy atom. The second-order valence-electron chi connectivity index (χ2n) is 4.44. The maximum absolute atomic E-state index is 12.7. The van der Waals surface area contributed by atoms with Gasteiger partial charge in [-0.1, -0.05) is 12.1 Å². The number of thioether (sulfide) groups is 1. The number of benzene rings is 1. The van der Waals surface area contributed by atoms with E-state index in [9.17, 15) is 14.9 Å². The average Bonchev–Trinajstić information content (AvgIpc) is 2.73. The summed E-state index contributed by atoms with van der Waals surface area (Å²) in [6.45, 7) is 3.36. The van der Waals surface area contributed by atoms with Gasteiger partial charge in [-0.2, -0.15) is 5.26 Å². The SMILES string of the molecule is CC1N=C(C#N)C(C)(C(=O)c2ccccc2[N+](=O)[O-])S1. The van der Waals surface area contributed by atoms with Crippen LogP contribution in [0.4, 0.5) is 5.69 Å². The van der Waals surface area contributed by atoms with Crippen molar-refractivity contribution in [1.29, 1.82) is 5.26 Å².